The van der Waals surface area contributed by atoms with Crippen LogP contribution in [0.2, 0.25) is 0 Å². The maximum atomic E-state index is 5.75. The highest BCUT2D eigenvalue weighted by Crippen LogP contribution is 2.30. The summed E-state index contributed by atoms with van der Waals surface area (Å²) in [6.45, 7) is 4.59. The molecule has 0 unspecified atom stereocenters. The Balaban J connectivity index is 2.53. The van der Waals surface area contributed by atoms with Crippen molar-refractivity contribution in [1.29, 1.82) is 0 Å². The summed E-state index contributed by atoms with van der Waals surface area (Å²) < 4.78 is 1.09. The molecular weight excluding hydrogens is 298 g/mol. The van der Waals surface area contributed by atoms with Gasteiger partial charge in [-0.1, -0.05) is 6.92 Å². The van der Waals surface area contributed by atoms with Gasteiger partial charge in [0.25, 0.3) is 0 Å². The Morgan fingerprint density at radius 3 is 2.65 bits per heavy atom. The van der Waals surface area contributed by atoms with E-state index in [-0.39, 0.29) is 0 Å². The molecule has 0 amide bonds. The summed E-state index contributed by atoms with van der Waals surface area (Å²) >= 11 is 5.08. The van der Waals surface area contributed by atoms with Gasteiger partial charge in [0.15, 0.2) is 5.82 Å². The Bertz CT molecular complexity index is 537. The largest absolute Gasteiger partial charge is 0.325 e. The molecule has 2 heterocycles. The molecule has 5 heteroatoms. The SMILES string of the molecule is CCc1c(C)nc(-c2ccc(Br)s2)nc1CN. The zero-order valence-corrected chi connectivity index (χ0v) is 12.2. The lowest BCUT2D eigenvalue weighted by Gasteiger charge is -2.09. The van der Waals surface area contributed by atoms with Crippen LogP contribution >= 0.6 is 27.3 Å². The first-order valence-corrected chi connectivity index (χ1v) is 7.08. The third-order valence-corrected chi connectivity index (χ3v) is 4.26. The minimum atomic E-state index is 0.464. The van der Waals surface area contributed by atoms with Gasteiger partial charge in [-0.15, -0.1) is 11.3 Å². The lowest BCUT2D eigenvalue weighted by atomic mass is 10.1. The number of thiophene rings is 1. The second kappa shape index (κ2) is 5.25. The van der Waals surface area contributed by atoms with E-state index in [4.69, 9.17) is 5.73 Å². The Hall–Kier alpha value is -0.780. The minimum Gasteiger partial charge on any atom is -0.325 e. The fraction of sp³-hybridized carbons (Fsp3) is 0.333. The molecule has 2 aromatic heterocycles. The second-order valence-corrected chi connectivity index (χ2v) is 6.18. The van der Waals surface area contributed by atoms with Crippen LogP contribution in [0.15, 0.2) is 15.9 Å². The van der Waals surface area contributed by atoms with Crippen molar-refractivity contribution in [3.8, 4) is 10.7 Å². The Morgan fingerprint density at radius 1 is 1.35 bits per heavy atom. The van der Waals surface area contributed by atoms with Crippen molar-refractivity contribution in [3.63, 3.8) is 0 Å². The van der Waals surface area contributed by atoms with E-state index < -0.39 is 0 Å². The number of nitrogens with two attached hydrogens (primary N) is 1. The molecule has 0 spiro atoms. The van der Waals surface area contributed by atoms with Crippen LogP contribution in [0.1, 0.15) is 23.9 Å². The minimum absolute atomic E-state index is 0.464. The van der Waals surface area contributed by atoms with E-state index >= 15 is 0 Å². The summed E-state index contributed by atoms with van der Waals surface area (Å²) in [5.41, 5.74) is 8.91. The summed E-state index contributed by atoms with van der Waals surface area (Å²) in [7, 11) is 0. The summed E-state index contributed by atoms with van der Waals surface area (Å²) in [5.74, 6) is 0.774. The molecule has 0 bridgehead atoms. The summed E-state index contributed by atoms with van der Waals surface area (Å²) in [6.07, 6.45) is 0.923. The third kappa shape index (κ3) is 2.56. The molecule has 0 aliphatic carbocycles. The van der Waals surface area contributed by atoms with Gasteiger partial charge in [0, 0.05) is 12.2 Å². The highest BCUT2D eigenvalue weighted by Gasteiger charge is 2.11. The van der Waals surface area contributed by atoms with Crippen molar-refractivity contribution in [2.75, 3.05) is 0 Å². The van der Waals surface area contributed by atoms with E-state index in [0.717, 1.165) is 32.3 Å². The molecule has 2 rings (SSSR count). The van der Waals surface area contributed by atoms with E-state index in [0.29, 0.717) is 6.54 Å². The number of hydrogen-bond acceptors (Lipinski definition) is 4. The number of aromatic nitrogens is 2. The van der Waals surface area contributed by atoms with Crippen LogP contribution in [0.3, 0.4) is 0 Å². The van der Waals surface area contributed by atoms with Gasteiger partial charge in [0.05, 0.1) is 14.4 Å². The maximum Gasteiger partial charge on any atom is 0.169 e. The van der Waals surface area contributed by atoms with Gasteiger partial charge in [-0.05, 0) is 47.0 Å². The molecular formula is C12H14BrN3S. The number of halogens is 1. The van der Waals surface area contributed by atoms with E-state index in [1.807, 2.05) is 19.1 Å². The van der Waals surface area contributed by atoms with E-state index in [9.17, 15) is 0 Å². The lowest BCUT2D eigenvalue weighted by molar-refractivity contribution is 0.893. The molecule has 17 heavy (non-hydrogen) atoms. The molecule has 0 saturated heterocycles. The summed E-state index contributed by atoms with van der Waals surface area (Å²) in [5, 5.41) is 0. The van der Waals surface area contributed by atoms with Crippen molar-refractivity contribution >= 4 is 27.3 Å². The van der Waals surface area contributed by atoms with Crippen LogP contribution in [0, 0.1) is 6.92 Å². The lowest BCUT2D eigenvalue weighted by Crippen LogP contribution is -2.09. The maximum absolute atomic E-state index is 5.75. The quantitative estimate of drug-likeness (QED) is 0.946. The average Bonchev–Trinajstić information content (AvgIpc) is 2.74. The smallest absolute Gasteiger partial charge is 0.169 e. The van der Waals surface area contributed by atoms with Gasteiger partial charge in [-0.3, -0.25) is 0 Å². The molecule has 2 N–H and O–H groups in total. The predicted molar refractivity (Wildman–Crippen MR) is 75.1 cm³/mol. The monoisotopic (exact) mass is 311 g/mol. The molecule has 90 valence electrons. The van der Waals surface area contributed by atoms with Crippen LogP contribution in [-0.2, 0) is 13.0 Å². The zero-order chi connectivity index (χ0) is 12.4. The molecule has 0 aliphatic rings. The highest BCUT2D eigenvalue weighted by molar-refractivity contribution is 9.11. The third-order valence-electron chi connectivity index (χ3n) is 2.64. The first-order valence-electron chi connectivity index (χ1n) is 5.47. The fourth-order valence-corrected chi connectivity index (χ4v) is 3.15. The van der Waals surface area contributed by atoms with Gasteiger partial charge in [-0.2, -0.15) is 0 Å². The van der Waals surface area contributed by atoms with Gasteiger partial charge in [0.1, 0.15) is 0 Å². The van der Waals surface area contributed by atoms with Crippen LogP contribution < -0.4 is 5.73 Å². The fourth-order valence-electron chi connectivity index (χ4n) is 1.83. The summed E-state index contributed by atoms with van der Waals surface area (Å²) in [4.78, 5) is 10.2. The first kappa shape index (κ1) is 12.7. The Morgan fingerprint density at radius 2 is 2.12 bits per heavy atom. The average molecular weight is 312 g/mol. The van der Waals surface area contributed by atoms with Crippen molar-refractivity contribution in [2.45, 2.75) is 26.8 Å². The van der Waals surface area contributed by atoms with Crippen LogP contribution in [0.25, 0.3) is 10.7 Å². The Labute approximate surface area is 113 Å². The van der Waals surface area contributed by atoms with Crippen molar-refractivity contribution in [1.82, 2.24) is 9.97 Å². The molecule has 0 aromatic carbocycles. The van der Waals surface area contributed by atoms with E-state index in [1.54, 1.807) is 11.3 Å². The highest BCUT2D eigenvalue weighted by atomic mass is 79.9. The Kier molecular flexibility index (Phi) is 3.91. The molecule has 0 aliphatic heterocycles. The number of rotatable bonds is 3. The molecule has 0 atom stereocenters. The molecule has 2 aromatic rings. The number of nitrogens with zero attached hydrogens (tertiary/aromatic N) is 2. The van der Waals surface area contributed by atoms with E-state index in [1.165, 1.54) is 5.56 Å². The van der Waals surface area contributed by atoms with Crippen molar-refractivity contribution in [3.05, 3.63) is 32.9 Å². The second-order valence-electron chi connectivity index (χ2n) is 3.72. The van der Waals surface area contributed by atoms with Gasteiger partial charge < -0.3 is 5.73 Å². The topological polar surface area (TPSA) is 51.8 Å². The first-order chi connectivity index (χ1) is 8.15. The van der Waals surface area contributed by atoms with Crippen LogP contribution in [0.4, 0.5) is 0 Å². The predicted octanol–water partition coefficient (Wildman–Crippen LogP) is 3.30. The molecule has 0 radical (unpaired) electrons. The summed E-state index contributed by atoms with van der Waals surface area (Å²) in [6, 6.07) is 4.03. The van der Waals surface area contributed by atoms with Crippen molar-refractivity contribution < 1.29 is 0 Å². The van der Waals surface area contributed by atoms with Crippen LogP contribution in [0.5, 0.6) is 0 Å². The van der Waals surface area contributed by atoms with Gasteiger partial charge >= 0.3 is 0 Å². The number of hydrogen-bond donors (Lipinski definition) is 1. The van der Waals surface area contributed by atoms with Gasteiger partial charge in [0.2, 0.25) is 0 Å². The molecule has 3 nitrogen and oxygen atoms in total. The molecule has 0 saturated carbocycles. The standard InChI is InChI=1S/C12H14BrN3S/c1-3-8-7(2)15-12(16-9(8)6-14)10-4-5-11(13)17-10/h4-5H,3,6,14H2,1-2H3. The molecule has 0 fully saturated rings. The van der Waals surface area contributed by atoms with Gasteiger partial charge in [-0.25, -0.2) is 9.97 Å². The van der Waals surface area contributed by atoms with Crippen LogP contribution in [-0.4, -0.2) is 9.97 Å². The van der Waals surface area contributed by atoms with Crippen molar-refractivity contribution in [2.24, 2.45) is 5.73 Å². The number of aryl methyl sites for hydroxylation is 1. The zero-order valence-electron chi connectivity index (χ0n) is 9.83. The normalized spacial score (nSPS) is 10.8. The van der Waals surface area contributed by atoms with E-state index in [2.05, 4.69) is 32.8 Å².